The van der Waals surface area contributed by atoms with Gasteiger partial charge in [0.25, 0.3) is 0 Å². The van der Waals surface area contributed by atoms with Gasteiger partial charge in [-0.2, -0.15) is 0 Å². The number of hydrogen-bond acceptors (Lipinski definition) is 3. The topological polar surface area (TPSA) is 38.7 Å². The Morgan fingerprint density at radius 1 is 1.12 bits per heavy atom. The van der Waals surface area contributed by atoms with E-state index in [-0.39, 0.29) is 12.2 Å². The van der Waals surface area contributed by atoms with Gasteiger partial charge in [0, 0.05) is 11.1 Å². The molecule has 1 atom stereocenters. The Labute approximate surface area is 156 Å². The summed E-state index contributed by atoms with van der Waals surface area (Å²) in [4.78, 5) is 0. The molecule has 0 spiro atoms. The Balaban J connectivity index is 1.83. The quantitative estimate of drug-likeness (QED) is 0.831. The molecule has 2 aromatic rings. The molecule has 0 saturated heterocycles. The first-order chi connectivity index (χ1) is 12.4. The van der Waals surface area contributed by atoms with Gasteiger partial charge in [0.15, 0.2) is 0 Å². The summed E-state index contributed by atoms with van der Waals surface area (Å²) in [6.07, 6.45) is 6.08. The van der Waals surface area contributed by atoms with E-state index in [2.05, 4.69) is 58.0 Å². The lowest BCUT2D eigenvalue weighted by Crippen LogP contribution is -2.32. The number of methoxy groups -OCH3 is 1. The molecule has 1 aliphatic heterocycles. The number of ether oxygens (including phenoxy) is 2. The van der Waals surface area contributed by atoms with Gasteiger partial charge in [-0.05, 0) is 81.5 Å². The summed E-state index contributed by atoms with van der Waals surface area (Å²) in [6, 6.07) is 8.31. The number of aryl methyl sites for hydroxylation is 2. The van der Waals surface area contributed by atoms with Gasteiger partial charge in [0.2, 0.25) is 0 Å². The van der Waals surface area contributed by atoms with Crippen LogP contribution in [0, 0.1) is 20.8 Å². The predicted molar refractivity (Wildman–Crippen MR) is 106 cm³/mol. The van der Waals surface area contributed by atoms with Gasteiger partial charge in [0.1, 0.15) is 17.1 Å². The van der Waals surface area contributed by atoms with Gasteiger partial charge in [-0.25, -0.2) is 0 Å². The van der Waals surface area contributed by atoms with E-state index in [1.807, 2.05) is 6.07 Å². The van der Waals surface area contributed by atoms with Crippen LogP contribution in [-0.4, -0.2) is 17.8 Å². The van der Waals surface area contributed by atoms with Crippen molar-refractivity contribution in [3.05, 3.63) is 63.7 Å². The lowest BCUT2D eigenvalue weighted by atomic mass is 9.88. The van der Waals surface area contributed by atoms with Crippen molar-refractivity contribution < 1.29 is 14.6 Å². The summed E-state index contributed by atoms with van der Waals surface area (Å²) in [5.74, 6) is 1.70. The van der Waals surface area contributed by atoms with Crippen molar-refractivity contribution in [2.24, 2.45) is 0 Å². The van der Waals surface area contributed by atoms with Gasteiger partial charge < -0.3 is 14.6 Å². The van der Waals surface area contributed by atoms with Gasteiger partial charge in [-0.3, -0.25) is 0 Å². The minimum Gasteiger partial charge on any atom is -0.496 e. The van der Waals surface area contributed by atoms with E-state index in [4.69, 9.17) is 9.47 Å². The third kappa shape index (κ3) is 3.49. The maximum atomic E-state index is 9.73. The highest BCUT2D eigenvalue weighted by molar-refractivity contribution is 5.62. The van der Waals surface area contributed by atoms with Crippen molar-refractivity contribution >= 4 is 6.08 Å². The normalized spacial score (nSPS) is 18.4. The summed E-state index contributed by atoms with van der Waals surface area (Å²) in [5, 5.41) is 9.73. The van der Waals surface area contributed by atoms with E-state index in [0.29, 0.717) is 0 Å². The Bertz CT molecular complexity index is 851. The van der Waals surface area contributed by atoms with Crippen molar-refractivity contribution in [1.82, 2.24) is 0 Å². The van der Waals surface area contributed by atoms with Crippen molar-refractivity contribution in [2.75, 3.05) is 7.11 Å². The molecule has 2 aromatic carbocycles. The predicted octanol–water partition coefficient (Wildman–Crippen LogP) is 4.91. The number of benzene rings is 2. The standard InChI is InChI=1S/C23H28O3/c1-15-6-7-21-18(12-15)8-10-23(4,26-21)11-9-19-16(2)13-22(25-5)20(14-24)17(19)3/h6-8,10,12-13,24H,9,11,14H2,1-5H3. The van der Waals surface area contributed by atoms with Crippen molar-refractivity contribution in [1.29, 1.82) is 0 Å². The second-order valence-corrected chi connectivity index (χ2v) is 7.43. The average molecular weight is 352 g/mol. The molecule has 1 N–H and O–H groups in total. The Kier molecular flexibility index (Phi) is 5.10. The Morgan fingerprint density at radius 3 is 2.58 bits per heavy atom. The first kappa shape index (κ1) is 18.5. The van der Waals surface area contributed by atoms with E-state index in [1.54, 1.807) is 7.11 Å². The zero-order chi connectivity index (χ0) is 18.9. The minimum absolute atomic E-state index is 0.0112. The van der Waals surface area contributed by atoms with Crippen LogP contribution in [0.1, 0.15) is 46.7 Å². The van der Waals surface area contributed by atoms with Crippen LogP contribution < -0.4 is 9.47 Å². The number of aliphatic hydroxyl groups is 1. The summed E-state index contributed by atoms with van der Waals surface area (Å²) < 4.78 is 11.7. The molecule has 1 heterocycles. The van der Waals surface area contributed by atoms with E-state index in [1.165, 1.54) is 16.7 Å². The summed E-state index contributed by atoms with van der Waals surface area (Å²) in [7, 11) is 1.65. The van der Waals surface area contributed by atoms with E-state index in [0.717, 1.165) is 41.0 Å². The second kappa shape index (κ2) is 7.16. The lowest BCUT2D eigenvalue weighted by Gasteiger charge is -2.32. The first-order valence-corrected chi connectivity index (χ1v) is 9.12. The van der Waals surface area contributed by atoms with Crippen LogP contribution in [0.25, 0.3) is 6.08 Å². The van der Waals surface area contributed by atoms with Crippen LogP contribution in [-0.2, 0) is 13.0 Å². The Hall–Kier alpha value is -2.26. The largest absolute Gasteiger partial charge is 0.496 e. The summed E-state index contributed by atoms with van der Waals surface area (Å²) in [6.45, 7) is 8.38. The Morgan fingerprint density at radius 2 is 1.88 bits per heavy atom. The highest BCUT2D eigenvalue weighted by Crippen LogP contribution is 2.35. The zero-order valence-electron chi connectivity index (χ0n) is 16.3. The van der Waals surface area contributed by atoms with Crippen LogP contribution in [0.2, 0.25) is 0 Å². The third-order valence-corrected chi connectivity index (χ3v) is 5.40. The monoisotopic (exact) mass is 352 g/mol. The molecule has 3 nitrogen and oxygen atoms in total. The fourth-order valence-electron chi connectivity index (χ4n) is 3.75. The maximum absolute atomic E-state index is 9.73. The van der Waals surface area contributed by atoms with Crippen molar-refractivity contribution in [3.63, 3.8) is 0 Å². The van der Waals surface area contributed by atoms with Crippen LogP contribution >= 0.6 is 0 Å². The van der Waals surface area contributed by atoms with Crippen molar-refractivity contribution in [2.45, 2.75) is 52.7 Å². The minimum atomic E-state index is -0.333. The lowest BCUT2D eigenvalue weighted by molar-refractivity contribution is 0.128. The summed E-state index contributed by atoms with van der Waals surface area (Å²) >= 11 is 0. The molecule has 0 bridgehead atoms. The zero-order valence-corrected chi connectivity index (χ0v) is 16.3. The molecule has 0 saturated carbocycles. The SMILES string of the molecule is COc1cc(C)c(CCC2(C)C=Cc3cc(C)ccc3O2)c(C)c1CO. The van der Waals surface area contributed by atoms with Crippen molar-refractivity contribution in [3.8, 4) is 11.5 Å². The van der Waals surface area contributed by atoms with Crippen LogP contribution in [0.5, 0.6) is 11.5 Å². The molecular weight excluding hydrogens is 324 g/mol. The van der Waals surface area contributed by atoms with E-state index < -0.39 is 0 Å². The molecule has 0 amide bonds. The molecule has 1 unspecified atom stereocenters. The van der Waals surface area contributed by atoms with Gasteiger partial charge in [-0.1, -0.05) is 17.7 Å². The van der Waals surface area contributed by atoms with Crippen LogP contribution in [0.15, 0.2) is 30.3 Å². The van der Waals surface area contributed by atoms with E-state index >= 15 is 0 Å². The molecule has 138 valence electrons. The second-order valence-electron chi connectivity index (χ2n) is 7.43. The van der Waals surface area contributed by atoms with Crippen LogP contribution in [0.4, 0.5) is 0 Å². The molecule has 0 aliphatic carbocycles. The number of hydrogen-bond donors (Lipinski definition) is 1. The molecule has 3 heteroatoms. The highest BCUT2D eigenvalue weighted by atomic mass is 16.5. The van der Waals surface area contributed by atoms with Gasteiger partial charge in [0.05, 0.1) is 13.7 Å². The number of fused-ring (bicyclic) bond motifs is 1. The average Bonchev–Trinajstić information content (AvgIpc) is 2.61. The summed E-state index contributed by atoms with van der Waals surface area (Å²) in [5.41, 5.74) is 6.49. The fourth-order valence-corrected chi connectivity index (χ4v) is 3.75. The third-order valence-electron chi connectivity index (χ3n) is 5.40. The van der Waals surface area contributed by atoms with Crippen LogP contribution in [0.3, 0.4) is 0 Å². The number of rotatable bonds is 5. The molecule has 3 rings (SSSR count). The molecule has 0 radical (unpaired) electrons. The van der Waals surface area contributed by atoms with E-state index in [9.17, 15) is 5.11 Å². The molecular formula is C23H28O3. The first-order valence-electron chi connectivity index (χ1n) is 9.12. The fraction of sp³-hybridized carbons (Fsp3) is 0.391. The molecule has 1 aliphatic rings. The molecule has 0 fully saturated rings. The molecule has 0 aromatic heterocycles. The van der Waals surface area contributed by atoms with Gasteiger partial charge >= 0.3 is 0 Å². The number of aliphatic hydroxyl groups excluding tert-OH is 1. The smallest absolute Gasteiger partial charge is 0.127 e. The maximum Gasteiger partial charge on any atom is 0.127 e. The highest BCUT2D eigenvalue weighted by Gasteiger charge is 2.28. The molecule has 26 heavy (non-hydrogen) atoms. The van der Waals surface area contributed by atoms with Gasteiger partial charge in [-0.15, -0.1) is 0 Å².